The maximum atomic E-state index is 10.9. The number of fused-ring (bicyclic) bond motifs is 1. The number of carbonyl (C=O) groups is 1. The van der Waals surface area contributed by atoms with Gasteiger partial charge in [-0.15, -0.1) is 0 Å². The van der Waals surface area contributed by atoms with Crippen molar-refractivity contribution in [3.63, 3.8) is 0 Å². The molecule has 0 radical (unpaired) electrons. The van der Waals surface area contributed by atoms with Crippen LogP contribution in [0.3, 0.4) is 0 Å². The largest absolute Gasteiger partial charge is 0.477 e. The molecule has 0 bridgehead atoms. The fourth-order valence-electron chi connectivity index (χ4n) is 2.30. The smallest absolute Gasteiger partial charge is 0.354 e. The summed E-state index contributed by atoms with van der Waals surface area (Å²) in [6.45, 7) is 0.391. The van der Waals surface area contributed by atoms with Gasteiger partial charge >= 0.3 is 5.97 Å². The van der Waals surface area contributed by atoms with Crippen molar-refractivity contribution in [1.82, 2.24) is 9.55 Å². The van der Waals surface area contributed by atoms with Crippen molar-refractivity contribution in [3.8, 4) is 0 Å². The van der Waals surface area contributed by atoms with E-state index < -0.39 is 10.9 Å². The summed E-state index contributed by atoms with van der Waals surface area (Å²) in [5.74, 6) is -1.07. The van der Waals surface area contributed by atoms with Gasteiger partial charge in [0.2, 0.25) is 0 Å². The average Bonchev–Trinajstić information content (AvgIpc) is 2.90. The van der Waals surface area contributed by atoms with E-state index in [0.29, 0.717) is 12.2 Å². The highest BCUT2D eigenvalue weighted by molar-refractivity contribution is 5.85. The van der Waals surface area contributed by atoms with Crippen LogP contribution in [0.15, 0.2) is 48.7 Å². The van der Waals surface area contributed by atoms with E-state index in [2.05, 4.69) is 4.98 Å². The van der Waals surface area contributed by atoms with Crippen LogP contribution in [-0.2, 0) is 6.54 Å². The highest BCUT2D eigenvalue weighted by Crippen LogP contribution is 2.22. The maximum Gasteiger partial charge on any atom is 0.354 e. The third kappa shape index (κ3) is 2.51. The first-order valence-corrected chi connectivity index (χ1v) is 6.47. The maximum absolute atomic E-state index is 10.9. The topological polar surface area (TPSA) is 98.3 Å². The monoisotopic (exact) mass is 297 g/mol. The van der Waals surface area contributed by atoms with Crippen LogP contribution in [0.1, 0.15) is 16.2 Å². The Balaban J connectivity index is 1.96. The zero-order valence-electron chi connectivity index (χ0n) is 11.3. The van der Waals surface area contributed by atoms with E-state index in [0.717, 1.165) is 10.9 Å². The number of nitro benzene ring substituents is 1. The second kappa shape index (κ2) is 5.28. The lowest BCUT2D eigenvalue weighted by Crippen LogP contribution is -2.05. The molecule has 0 unspecified atom stereocenters. The molecular formula is C15H11N3O4. The van der Waals surface area contributed by atoms with Gasteiger partial charge in [-0.25, -0.2) is 9.78 Å². The highest BCUT2D eigenvalue weighted by Gasteiger charge is 2.10. The van der Waals surface area contributed by atoms with E-state index in [-0.39, 0.29) is 11.4 Å². The van der Waals surface area contributed by atoms with Crippen LogP contribution in [0, 0.1) is 10.1 Å². The third-order valence-electron chi connectivity index (χ3n) is 3.32. The van der Waals surface area contributed by atoms with Crippen LogP contribution in [0.25, 0.3) is 10.9 Å². The number of hydrogen-bond acceptors (Lipinski definition) is 4. The SMILES string of the molecule is O=C(O)c1cccc(Cn2ccc3cc([N+](=O)[O-])ccc32)n1. The molecule has 0 saturated carbocycles. The lowest BCUT2D eigenvalue weighted by Gasteiger charge is -2.05. The number of benzene rings is 1. The molecule has 0 aliphatic carbocycles. The van der Waals surface area contributed by atoms with E-state index in [9.17, 15) is 14.9 Å². The van der Waals surface area contributed by atoms with Crippen LogP contribution >= 0.6 is 0 Å². The fourth-order valence-corrected chi connectivity index (χ4v) is 2.30. The quantitative estimate of drug-likeness (QED) is 0.589. The number of carboxylic acids is 1. The van der Waals surface area contributed by atoms with Crippen molar-refractivity contribution in [3.05, 3.63) is 70.2 Å². The number of rotatable bonds is 4. The van der Waals surface area contributed by atoms with Gasteiger partial charge in [-0.2, -0.15) is 0 Å². The molecule has 1 aromatic carbocycles. The van der Waals surface area contributed by atoms with Crippen LogP contribution in [0.4, 0.5) is 5.69 Å². The molecule has 0 spiro atoms. The summed E-state index contributed by atoms with van der Waals surface area (Å²) >= 11 is 0. The Morgan fingerprint density at radius 1 is 1.27 bits per heavy atom. The Bertz CT molecular complexity index is 885. The summed E-state index contributed by atoms with van der Waals surface area (Å²) in [5.41, 5.74) is 1.46. The van der Waals surface area contributed by atoms with E-state index >= 15 is 0 Å². The van der Waals surface area contributed by atoms with Gasteiger partial charge in [0.1, 0.15) is 5.69 Å². The molecular weight excluding hydrogens is 286 g/mol. The second-order valence-electron chi connectivity index (χ2n) is 4.76. The summed E-state index contributed by atoms with van der Waals surface area (Å²) < 4.78 is 1.87. The average molecular weight is 297 g/mol. The van der Waals surface area contributed by atoms with Gasteiger partial charge in [0, 0.05) is 29.2 Å². The first kappa shape index (κ1) is 13.7. The van der Waals surface area contributed by atoms with Gasteiger partial charge in [-0.05, 0) is 24.3 Å². The molecule has 1 N–H and O–H groups in total. The molecule has 0 fully saturated rings. The predicted molar refractivity (Wildman–Crippen MR) is 78.9 cm³/mol. The van der Waals surface area contributed by atoms with Crippen LogP contribution < -0.4 is 0 Å². The van der Waals surface area contributed by atoms with Gasteiger partial charge in [-0.1, -0.05) is 6.07 Å². The van der Waals surface area contributed by atoms with Gasteiger partial charge < -0.3 is 9.67 Å². The molecule has 0 aliphatic heterocycles. The Labute approximate surface area is 124 Å². The first-order chi connectivity index (χ1) is 10.5. The number of pyridine rings is 1. The fraction of sp³-hybridized carbons (Fsp3) is 0.0667. The van der Waals surface area contributed by atoms with Crippen molar-refractivity contribution in [2.24, 2.45) is 0 Å². The lowest BCUT2D eigenvalue weighted by molar-refractivity contribution is -0.384. The molecule has 2 heterocycles. The summed E-state index contributed by atoms with van der Waals surface area (Å²) in [4.78, 5) is 25.3. The third-order valence-corrected chi connectivity index (χ3v) is 3.32. The van der Waals surface area contributed by atoms with Gasteiger partial charge in [-0.3, -0.25) is 10.1 Å². The molecule has 7 heteroatoms. The minimum absolute atomic E-state index is 0.00963. The Morgan fingerprint density at radius 3 is 2.82 bits per heavy atom. The van der Waals surface area contributed by atoms with Crippen LogP contribution in [0.2, 0.25) is 0 Å². The molecule has 0 amide bonds. The Hall–Kier alpha value is -3.22. The molecule has 3 rings (SSSR count). The van der Waals surface area contributed by atoms with Crippen molar-refractivity contribution < 1.29 is 14.8 Å². The first-order valence-electron chi connectivity index (χ1n) is 6.47. The summed E-state index contributed by atoms with van der Waals surface area (Å²) in [5, 5.41) is 20.5. The zero-order chi connectivity index (χ0) is 15.7. The number of nitro groups is 1. The van der Waals surface area contributed by atoms with Crippen LogP contribution in [0.5, 0.6) is 0 Å². The minimum Gasteiger partial charge on any atom is -0.477 e. The summed E-state index contributed by atoms with van der Waals surface area (Å²) in [6, 6.07) is 11.2. The molecule has 110 valence electrons. The number of carboxylic acid groups (broad SMARTS) is 1. The zero-order valence-corrected chi connectivity index (χ0v) is 11.3. The summed E-state index contributed by atoms with van der Waals surface area (Å²) in [7, 11) is 0. The molecule has 2 aromatic heterocycles. The van der Waals surface area contributed by atoms with E-state index in [1.807, 2.05) is 4.57 Å². The normalized spacial score (nSPS) is 10.7. The summed E-state index contributed by atoms with van der Waals surface area (Å²) in [6.07, 6.45) is 1.80. The molecule has 22 heavy (non-hydrogen) atoms. The number of nitrogens with zero attached hydrogens (tertiary/aromatic N) is 3. The molecule has 3 aromatic rings. The van der Waals surface area contributed by atoms with E-state index in [1.165, 1.54) is 18.2 Å². The Kier molecular flexibility index (Phi) is 3.30. The minimum atomic E-state index is -1.07. The van der Waals surface area contributed by atoms with E-state index in [4.69, 9.17) is 5.11 Å². The van der Waals surface area contributed by atoms with Crippen molar-refractivity contribution in [2.45, 2.75) is 6.54 Å². The van der Waals surface area contributed by atoms with Crippen molar-refractivity contribution in [1.29, 1.82) is 0 Å². The molecule has 7 nitrogen and oxygen atoms in total. The molecule has 0 aliphatic rings. The number of aromatic nitrogens is 2. The van der Waals surface area contributed by atoms with E-state index in [1.54, 1.807) is 30.5 Å². The van der Waals surface area contributed by atoms with Crippen LogP contribution in [-0.4, -0.2) is 25.6 Å². The number of aromatic carboxylic acids is 1. The number of hydrogen-bond donors (Lipinski definition) is 1. The van der Waals surface area contributed by atoms with Gasteiger partial charge in [0.15, 0.2) is 0 Å². The predicted octanol–water partition coefficient (Wildman–Crippen LogP) is 2.69. The lowest BCUT2D eigenvalue weighted by atomic mass is 10.2. The molecule has 0 atom stereocenters. The van der Waals surface area contributed by atoms with Gasteiger partial charge in [0.25, 0.3) is 5.69 Å². The second-order valence-corrected chi connectivity index (χ2v) is 4.76. The van der Waals surface area contributed by atoms with Crippen molar-refractivity contribution >= 4 is 22.6 Å². The van der Waals surface area contributed by atoms with Crippen molar-refractivity contribution in [2.75, 3.05) is 0 Å². The number of non-ortho nitro benzene ring substituents is 1. The highest BCUT2D eigenvalue weighted by atomic mass is 16.6. The van der Waals surface area contributed by atoms with Gasteiger partial charge in [0.05, 0.1) is 17.2 Å². The Morgan fingerprint density at radius 2 is 2.09 bits per heavy atom. The molecule has 0 saturated heterocycles. The standard InChI is InChI=1S/C15H11N3O4/c19-15(20)13-3-1-2-11(16-13)9-17-7-6-10-8-12(18(21)22)4-5-14(10)17/h1-8H,9H2,(H,19,20).